The van der Waals surface area contributed by atoms with Crippen LogP contribution in [-0.2, 0) is 6.54 Å². The summed E-state index contributed by atoms with van der Waals surface area (Å²) < 4.78 is 0. The second-order valence-corrected chi connectivity index (χ2v) is 3.66. The van der Waals surface area contributed by atoms with E-state index in [9.17, 15) is 0 Å². The molecule has 2 aromatic rings. The second-order valence-electron chi connectivity index (χ2n) is 3.66. The maximum absolute atomic E-state index is 5.69. The summed E-state index contributed by atoms with van der Waals surface area (Å²) in [6, 6.07) is 8.07. The number of nitrogens with zero attached hydrogens (tertiary/aromatic N) is 1. The van der Waals surface area contributed by atoms with Crippen molar-refractivity contribution in [1.82, 2.24) is 9.97 Å². The summed E-state index contributed by atoms with van der Waals surface area (Å²) >= 11 is 0. The van der Waals surface area contributed by atoms with Crippen molar-refractivity contribution < 1.29 is 0 Å². The quantitative estimate of drug-likeness (QED) is 0.782. The molecule has 1 aromatic carbocycles. The van der Waals surface area contributed by atoms with Crippen LogP contribution in [-0.4, -0.2) is 9.97 Å². The molecule has 0 bridgehead atoms. The van der Waals surface area contributed by atoms with E-state index in [1.165, 1.54) is 0 Å². The molecule has 0 radical (unpaired) electrons. The van der Waals surface area contributed by atoms with Crippen LogP contribution in [0.2, 0.25) is 0 Å². The Balaban J connectivity index is 2.53. The zero-order chi connectivity index (χ0) is 10.8. The summed E-state index contributed by atoms with van der Waals surface area (Å²) in [6.45, 7) is 4.56. The monoisotopic (exact) mass is 201 g/mol. The highest BCUT2D eigenvalue weighted by molar-refractivity contribution is 5.60. The molecule has 0 saturated heterocycles. The van der Waals surface area contributed by atoms with Gasteiger partial charge in [0.05, 0.1) is 5.69 Å². The number of aryl methyl sites for hydroxylation is 2. The largest absolute Gasteiger partial charge is 0.342 e. The van der Waals surface area contributed by atoms with Crippen LogP contribution in [0.3, 0.4) is 0 Å². The van der Waals surface area contributed by atoms with E-state index in [-0.39, 0.29) is 0 Å². The first-order valence-electron chi connectivity index (χ1n) is 5.04. The average Bonchev–Trinajstić information content (AvgIpc) is 2.59. The number of benzene rings is 1. The number of hydrogen-bond acceptors (Lipinski definition) is 2. The third-order valence-electron chi connectivity index (χ3n) is 2.62. The zero-order valence-electron chi connectivity index (χ0n) is 9.04. The Hall–Kier alpha value is -1.61. The average molecular weight is 201 g/mol. The van der Waals surface area contributed by atoms with Gasteiger partial charge in [0.15, 0.2) is 0 Å². The van der Waals surface area contributed by atoms with E-state index in [0.29, 0.717) is 6.54 Å². The molecule has 0 spiro atoms. The molecule has 0 atom stereocenters. The highest BCUT2D eigenvalue weighted by atomic mass is 14.9. The van der Waals surface area contributed by atoms with E-state index in [0.717, 1.165) is 28.3 Å². The van der Waals surface area contributed by atoms with Crippen LogP contribution in [0.1, 0.15) is 17.0 Å². The SMILES string of the molecule is Cc1nc(-c2ccccc2CN)[nH]c1C. The van der Waals surface area contributed by atoms with Crippen molar-refractivity contribution in [1.29, 1.82) is 0 Å². The highest BCUT2D eigenvalue weighted by Gasteiger charge is 2.07. The van der Waals surface area contributed by atoms with Crippen molar-refractivity contribution in [2.24, 2.45) is 5.73 Å². The molecule has 0 aliphatic carbocycles. The van der Waals surface area contributed by atoms with Gasteiger partial charge in [0.25, 0.3) is 0 Å². The minimum atomic E-state index is 0.537. The summed E-state index contributed by atoms with van der Waals surface area (Å²) in [5.74, 6) is 0.908. The molecule has 0 aliphatic heterocycles. The Morgan fingerprint density at radius 3 is 2.60 bits per heavy atom. The van der Waals surface area contributed by atoms with Crippen molar-refractivity contribution in [2.75, 3.05) is 0 Å². The Labute approximate surface area is 89.4 Å². The lowest BCUT2D eigenvalue weighted by Gasteiger charge is -2.03. The molecule has 78 valence electrons. The van der Waals surface area contributed by atoms with Crippen LogP contribution < -0.4 is 5.73 Å². The number of nitrogens with one attached hydrogen (secondary N) is 1. The summed E-state index contributed by atoms with van der Waals surface area (Å²) in [5.41, 5.74) is 10.0. The Kier molecular flexibility index (Phi) is 2.56. The third-order valence-corrected chi connectivity index (χ3v) is 2.62. The topological polar surface area (TPSA) is 54.7 Å². The molecule has 2 rings (SSSR count). The second kappa shape index (κ2) is 3.87. The first-order valence-corrected chi connectivity index (χ1v) is 5.04. The third kappa shape index (κ3) is 1.78. The Morgan fingerprint density at radius 1 is 1.27 bits per heavy atom. The first-order chi connectivity index (χ1) is 7.22. The highest BCUT2D eigenvalue weighted by Crippen LogP contribution is 2.21. The molecule has 3 N–H and O–H groups in total. The van der Waals surface area contributed by atoms with Crippen LogP contribution >= 0.6 is 0 Å². The number of imidazole rings is 1. The fourth-order valence-corrected chi connectivity index (χ4v) is 1.60. The molecule has 1 heterocycles. The molecule has 3 heteroatoms. The van der Waals surface area contributed by atoms with Crippen molar-refractivity contribution in [3.63, 3.8) is 0 Å². The predicted octanol–water partition coefficient (Wildman–Crippen LogP) is 2.15. The van der Waals surface area contributed by atoms with E-state index in [1.54, 1.807) is 0 Å². The summed E-state index contributed by atoms with van der Waals surface area (Å²) in [6.07, 6.45) is 0. The van der Waals surface area contributed by atoms with Gasteiger partial charge in [-0.15, -0.1) is 0 Å². The lowest BCUT2D eigenvalue weighted by molar-refractivity contribution is 1.06. The van der Waals surface area contributed by atoms with Crippen molar-refractivity contribution >= 4 is 0 Å². The maximum Gasteiger partial charge on any atom is 0.138 e. The van der Waals surface area contributed by atoms with Crippen LogP contribution in [0.5, 0.6) is 0 Å². The number of aromatic nitrogens is 2. The zero-order valence-corrected chi connectivity index (χ0v) is 9.04. The molecular formula is C12H15N3. The standard InChI is InChI=1S/C12H15N3/c1-8-9(2)15-12(14-8)11-6-4-3-5-10(11)7-13/h3-6H,7,13H2,1-2H3,(H,14,15). The number of nitrogens with two attached hydrogens (primary N) is 1. The molecule has 3 nitrogen and oxygen atoms in total. The van der Waals surface area contributed by atoms with E-state index in [2.05, 4.69) is 9.97 Å². The molecule has 0 aliphatic rings. The van der Waals surface area contributed by atoms with E-state index in [1.807, 2.05) is 38.1 Å². The Morgan fingerprint density at radius 2 is 2.00 bits per heavy atom. The summed E-state index contributed by atoms with van der Waals surface area (Å²) in [4.78, 5) is 7.75. The number of aromatic amines is 1. The normalized spacial score (nSPS) is 10.6. The molecule has 0 fully saturated rings. The van der Waals surface area contributed by atoms with Gasteiger partial charge in [0.1, 0.15) is 5.82 Å². The minimum Gasteiger partial charge on any atom is -0.342 e. The first kappa shape index (κ1) is 9.93. The lowest BCUT2D eigenvalue weighted by atomic mass is 10.1. The molecule has 0 saturated carbocycles. The van der Waals surface area contributed by atoms with Crippen molar-refractivity contribution in [3.05, 3.63) is 41.2 Å². The lowest BCUT2D eigenvalue weighted by Crippen LogP contribution is -1.99. The maximum atomic E-state index is 5.69. The van der Waals surface area contributed by atoms with Crippen molar-refractivity contribution in [2.45, 2.75) is 20.4 Å². The van der Waals surface area contributed by atoms with E-state index >= 15 is 0 Å². The molecular weight excluding hydrogens is 186 g/mol. The summed E-state index contributed by atoms with van der Waals surface area (Å²) in [5, 5.41) is 0. The van der Waals surface area contributed by atoms with Gasteiger partial charge in [-0.3, -0.25) is 0 Å². The van der Waals surface area contributed by atoms with E-state index in [4.69, 9.17) is 5.73 Å². The number of rotatable bonds is 2. The molecule has 0 amide bonds. The predicted molar refractivity (Wildman–Crippen MR) is 61.4 cm³/mol. The smallest absolute Gasteiger partial charge is 0.138 e. The van der Waals surface area contributed by atoms with Gasteiger partial charge < -0.3 is 10.7 Å². The number of H-pyrrole nitrogens is 1. The fraction of sp³-hybridized carbons (Fsp3) is 0.250. The van der Waals surface area contributed by atoms with Crippen LogP contribution in [0.25, 0.3) is 11.4 Å². The van der Waals surface area contributed by atoms with Crippen LogP contribution in [0.15, 0.2) is 24.3 Å². The van der Waals surface area contributed by atoms with Gasteiger partial charge in [0, 0.05) is 17.8 Å². The van der Waals surface area contributed by atoms with Crippen LogP contribution in [0.4, 0.5) is 0 Å². The van der Waals surface area contributed by atoms with Gasteiger partial charge in [-0.05, 0) is 19.4 Å². The summed E-state index contributed by atoms with van der Waals surface area (Å²) in [7, 11) is 0. The van der Waals surface area contributed by atoms with Gasteiger partial charge in [0.2, 0.25) is 0 Å². The molecule has 1 aromatic heterocycles. The minimum absolute atomic E-state index is 0.537. The molecule has 0 unspecified atom stereocenters. The molecule has 15 heavy (non-hydrogen) atoms. The van der Waals surface area contributed by atoms with Gasteiger partial charge in [-0.2, -0.15) is 0 Å². The fourth-order valence-electron chi connectivity index (χ4n) is 1.60. The van der Waals surface area contributed by atoms with Crippen molar-refractivity contribution in [3.8, 4) is 11.4 Å². The van der Waals surface area contributed by atoms with Gasteiger partial charge in [-0.25, -0.2) is 4.98 Å². The van der Waals surface area contributed by atoms with E-state index < -0.39 is 0 Å². The van der Waals surface area contributed by atoms with Crippen LogP contribution in [0, 0.1) is 13.8 Å². The van der Waals surface area contributed by atoms with Gasteiger partial charge in [-0.1, -0.05) is 24.3 Å². The number of hydrogen-bond donors (Lipinski definition) is 2. The Bertz CT molecular complexity index is 452. The van der Waals surface area contributed by atoms with Gasteiger partial charge >= 0.3 is 0 Å².